The van der Waals surface area contributed by atoms with E-state index in [1.165, 1.54) is 5.56 Å². The molecule has 0 aromatic heterocycles. The molecule has 2 rings (SSSR count). The van der Waals surface area contributed by atoms with Gasteiger partial charge in [0.1, 0.15) is 5.75 Å². The zero-order valence-corrected chi connectivity index (χ0v) is 17.2. The fourth-order valence-electron chi connectivity index (χ4n) is 2.13. The number of thiocarbonyl (C=S) groups is 1. The Balaban J connectivity index is 1.58. The minimum absolute atomic E-state index is 0.180. The van der Waals surface area contributed by atoms with E-state index in [1.807, 2.05) is 31.2 Å². The Hall–Kier alpha value is -2.02. The number of amides is 1. The topological polar surface area (TPSA) is 62.4 Å². The Morgan fingerprint density at radius 3 is 2.56 bits per heavy atom. The van der Waals surface area contributed by atoms with Gasteiger partial charge in [-0.05, 0) is 49.3 Å². The second-order valence-electron chi connectivity index (χ2n) is 5.87. The van der Waals surface area contributed by atoms with Crippen molar-refractivity contribution in [3.63, 3.8) is 0 Å². The normalized spacial score (nSPS) is 10.2. The van der Waals surface area contributed by atoms with Crippen LogP contribution in [-0.2, 0) is 11.3 Å². The lowest BCUT2D eigenvalue weighted by Crippen LogP contribution is -2.46. The number of carbonyl (C=O) groups excluding carboxylic acids is 1. The molecule has 0 heterocycles. The lowest BCUT2D eigenvalue weighted by atomic mass is 10.1. The zero-order chi connectivity index (χ0) is 19.6. The summed E-state index contributed by atoms with van der Waals surface area (Å²) in [6.45, 7) is 2.98. The quantitative estimate of drug-likeness (QED) is 0.353. The molecule has 3 N–H and O–H groups in total. The molecule has 0 aliphatic rings. The van der Waals surface area contributed by atoms with Gasteiger partial charge in [-0.3, -0.25) is 15.6 Å². The number of hydrogen-bond donors (Lipinski definition) is 3. The average molecular weight is 426 g/mol. The number of halogens is 2. The fourth-order valence-corrected chi connectivity index (χ4v) is 2.71. The van der Waals surface area contributed by atoms with Gasteiger partial charge in [-0.2, -0.15) is 0 Å². The molecule has 0 saturated carbocycles. The molecule has 1 amide bonds. The molecule has 0 spiro atoms. The molecule has 0 bridgehead atoms. The van der Waals surface area contributed by atoms with Gasteiger partial charge in [-0.15, -0.1) is 0 Å². The summed E-state index contributed by atoms with van der Waals surface area (Å²) in [5, 5.41) is 4.37. The van der Waals surface area contributed by atoms with E-state index >= 15 is 0 Å². The Kier molecular flexibility index (Phi) is 8.64. The molecule has 0 atom stereocenters. The van der Waals surface area contributed by atoms with Crippen LogP contribution in [0.4, 0.5) is 0 Å². The first kappa shape index (κ1) is 21.3. The largest absolute Gasteiger partial charge is 0.492 e. The summed E-state index contributed by atoms with van der Waals surface area (Å²) in [6, 6.07) is 13.1. The van der Waals surface area contributed by atoms with Crippen molar-refractivity contribution in [2.75, 3.05) is 6.61 Å². The van der Waals surface area contributed by atoms with Crippen molar-refractivity contribution in [1.82, 2.24) is 16.2 Å². The molecule has 0 unspecified atom stereocenters. The third-order valence-electron chi connectivity index (χ3n) is 3.59. The summed E-state index contributed by atoms with van der Waals surface area (Å²) in [4.78, 5) is 11.8. The maximum atomic E-state index is 11.8. The van der Waals surface area contributed by atoms with Gasteiger partial charge in [0.05, 0.1) is 11.6 Å². The summed E-state index contributed by atoms with van der Waals surface area (Å²) in [5.74, 6) is 0.362. The van der Waals surface area contributed by atoms with Gasteiger partial charge in [-0.25, -0.2) is 0 Å². The van der Waals surface area contributed by atoms with Crippen LogP contribution in [0.3, 0.4) is 0 Å². The van der Waals surface area contributed by atoms with Gasteiger partial charge < -0.3 is 10.1 Å². The van der Waals surface area contributed by atoms with Gasteiger partial charge in [0.25, 0.3) is 0 Å². The molecule has 27 heavy (non-hydrogen) atoms. The Bertz CT molecular complexity index is 785. The first-order chi connectivity index (χ1) is 12.9. The fraction of sp³-hybridized carbons (Fsp3) is 0.263. The van der Waals surface area contributed by atoms with Crippen LogP contribution in [0.15, 0.2) is 42.5 Å². The summed E-state index contributed by atoms with van der Waals surface area (Å²) in [5.41, 5.74) is 7.54. The Morgan fingerprint density at radius 1 is 1.11 bits per heavy atom. The van der Waals surface area contributed by atoms with Crippen molar-refractivity contribution in [2.24, 2.45) is 0 Å². The Morgan fingerprint density at radius 2 is 1.85 bits per heavy atom. The highest BCUT2D eigenvalue weighted by Crippen LogP contribution is 2.27. The minimum Gasteiger partial charge on any atom is -0.492 e. The number of hydrogen-bond acceptors (Lipinski definition) is 3. The number of aryl methyl sites for hydroxylation is 1. The molecule has 0 fully saturated rings. The Labute approximate surface area is 174 Å². The van der Waals surface area contributed by atoms with Gasteiger partial charge >= 0.3 is 0 Å². The number of nitrogens with one attached hydrogen (secondary N) is 3. The van der Waals surface area contributed by atoms with Crippen LogP contribution in [0.2, 0.25) is 10.0 Å². The monoisotopic (exact) mass is 425 g/mol. The van der Waals surface area contributed by atoms with Gasteiger partial charge in [0, 0.05) is 18.0 Å². The van der Waals surface area contributed by atoms with Crippen LogP contribution < -0.4 is 20.9 Å². The van der Waals surface area contributed by atoms with Crippen molar-refractivity contribution in [3.05, 3.63) is 63.6 Å². The van der Waals surface area contributed by atoms with E-state index in [0.29, 0.717) is 46.9 Å². The van der Waals surface area contributed by atoms with E-state index in [0.717, 1.165) is 5.56 Å². The second kappa shape index (κ2) is 11.0. The standard InChI is InChI=1S/C19H21Cl2N3O2S/c1-13-4-6-14(7-5-13)12-22-19(27)24-23-18(25)3-2-10-26-17-9-8-15(20)11-16(17)21/h4-9,11H,2-3,10,12H2,1H3,(H,23,25)(H2,22,24,27). The van der Waals surface area contributed by atoms with Gasteiger partial charge in [0.2, 0.25) is 5.91 Å². The average Bonchev–Trinajstić information content (AvgIpc) is 2.64. The summed E-state index contributed by atoms with van der Waals surface area (Å²) in [7, 11) is 0. The summed E-state index contributed by atoms with van der Waals surface area (Å²) >= 11 is 17.0. The van der Waals surface area contributed by atoms with Gasteiger partial charge in [0.15, 0.2) is 5.11 Å². The van der Waals surface area contributed by atoms with Crippen LogP contribution in [0.1, 0.15) is 24.0 Å². The van der Waals surface area contributed by atoms with Crippen LogP contribution in [0.25, 0.3) is 0 Å². The smallest absolute Gasteiger partial charge is 0.238 e. The molecular weight excluding hydrogens is 405 g/mol. The number of carbonyl (C=O) groups is 1. The lowest BCUT2D eigenvalue weighted by molar-refractivity contribution is -0.121. The van der Waals surface area contributed by atoms with Crippen molar-refractivity contribution < 1.29 is 9.53 Å². The number of ether oxygens (including phenoxy) is 1. The third-order valence-corrected chi connectivity index (χ3v) is 4.37. The molecule has 8 heteroatoms. The van der Waals surface area contributed by atoms with E-state index < -0.39 is 0 Å². The molecule has 0 aliphatic carbocycles. The zero-order valence-electron chi connectivity index (χ0n) is 14.9. The molecule has 2 aromatic rings. The molecule has 5 nitrogen and oxygen atoms in total. The highest BCUT2D eigenvalue weighted by atomic mass is 35.5. The van der Waals surface area contributed by atoms with Crippen LogP contribution in [0, 0.1) is 6.92 Å². The molecule has 144 valence electrons. The molecule has 0 radical (unpaired) electrons. The number of hydrazine groups is 1. The minimum atomic E-state index is -0.180. The molecule has 0 saturated heterocycles. The predicted molar refractivity (Wildman–Crippen MR) is 113 cm³/mol. The first-order valence-electron chi connectivity index (χ1n) is 8.40. The van der Waals surface area contributed by atoms with E-state index in [-0.39, 0.29) is 5.91 Å². The van der Waals surface area contributed by atoms with Crippen molar-refractivity contribution in [1.29, 1.82) is 0 Å². The van der Waals surface area contributed by atoms with E-state index in [9.17, 15) is 4.79 Å². The van der Waals surface area contributed by atoms with Crippen LogP contribution >= 0.6 is 35.4 Å². The molecular formula is C19H21Cl2N3O2S. The maximum Gasteiger partial charge on any atom is 0.238 e. The van der Waals surface area contributed by atoms with Crippen molar-refractivity contribution >= 4 is 46.4 Å². The van der Waals surface area contributed by atoms with E-state index in [1.54, 1.807) is 18.2 Å². The third kappa shape index (κ3) is 8.03. The van der Waals surface area contributed by atoms with Crippen LogP contribution in [-0.4, -0.2) is 17.6 Å². The highest BCUT2D eigenvalue weighted by Gasteiger charge is 2.05. The SMILES string of the molecule is Cc1ccc(CNC(=S)NNC(=O)CCCOc2ccc(Cl)cc2Cl)cc1. The first-order valence-corrected chi connectivity index (χ1v) is 9.56. The lowest BCUT2D eigenvalue weighted by Gasteiger charge is -2.12. The van der Waals surface area contributed by atoms with Gasteiger partial charge in [-0.1, -0.05) is 53.0 Å². The number of rotatable bonds is 7. The predicted octanol–water partition coefficient (Wildman–Crippen LogP) is 4.16. The summed E-state index contributed by atoms with van der Waals surface area (Å²) < 4.78 is 5.53. The molecule has 0 aliphatic heterocycles. The number of benzene rings is 2. The van der Waals surface area contributed by atoms with Crippen molar-refractivity contribution in [3.8, 4) is 5.75 Å². The van der Waals surface area contributed by atoms with E-state index in [4.69, 9.17) is 40.2 Å². The second-order valence-corrected chi connectivity index (χ2v) is 7.12. The van der Waals surface area contributed by atoms with Crippen LogP contribution in [0.5, 0.6) is 5.75 Å². The summed E-state index contributed by atoms with van der Waals surface area (Å²) in [6.07, 6.45) is 0.828. The highest BCUT2D eigenvalue weighted by molar-refractivity contribution is 7.80. The molecule has 2 aromatic carbocycles. The van der Waals surface area contributed by atoms with Crippen molar-refractivity contribution in [2.45, 2.75) is 26.3 Å². The van der Waals surface area contributed by atoms with E-state index in [2.05, 4.69) is 16.2 Å². The maximum absolute atomic E-state index is 11.8.